The van der Waals surface area contributed by atoms with Gasteiger partial charge in [-0.2, -0.15) is 0 Å². The molecular weight excluding hydrogens is 595 g/mol. The van der Waals surface area contributed by atoms with Crippen molar-refractivity contribution in [1.29, 1.82) is 0 Å². The Hall–Kier alpha value is -1.65. The Labute approximate surface area is 251 Å². The quantitative estimate of drug-likeness (QED) is 0.162. The van der Waals surface area contributed by atoms with Crippen molar-refractivity contribution in [2.24, 2.45) is 0 Å². The van der Waals surface area contributed by atoms with Crippen molar-refractivity contribution < 1.29 is 74.2 Å². The number of hydrogen-bond donors (Lipinski definition) is 5. The number of fused-ring (bicyclic) bond motifs is 1. The van der Waals surface area contributed by atoms with Crippen LogP contribution in [-0.2, 0) is 14.3 Å². The minimum atomic E-state index is -2.63. The number of thiazole rings is 1. The molecule has 0 radical (unpaired) electrons. The molecule has 6 atom stereocenters. The van der Waals surface area contributed by atoms with Crippen molar-refractivity contribution in [1.82, 2.24) is 10.3 Å². The number of benzene rings is 2. The van der Waals surface area contributed by atoms with Crippen molar-refractivity contribution in [2.75, 3.05) is 6.61 Å². The molecule has 0 aliphatic carbocycles. The third-order valence-corrected chi connectivity index (χ3v) is 7.48. The van der Waals surface area contributed by atoms with E-state index in [1.807, 2.05) is 24.3 Å². The average molecular weight is 619 g/mol. The van der Waals surface area contributed by atoms with Gasteiger partial charge in [-0.05, 0) is 30.3 Å². The van der Waals surface area contributed by atoms with Crippen molar-refractivity contribution >= 4 is 49.4 Å². The number of ether oxygens (including phenoxy) is 2. The fraction of sp³-hybridized carbons (Fsp3) is 0.375. The van der Waals surface area contributed by atoms with E-state index in [4.69, 9.17) is 9.47 Å². The number of aliphatic hydroxyl groups excluding tert-OH is 4. The first-order valence-electron chi connectivity index (χ1n) is 11.2. The number of carbonyl (C=O) groups excluding carboxylic acids is 2. The molecule has 5 N–H and O–H groups in total. The topological polar surface area (TPSA) is 182 Å². The number of nitrogens with zero attached hydrogens (tertiary/aromatic N) is 1. The predicted molar refractivity (Wildman–Crippen MR) is 133 cm³/mol. The summed E-state index contributed by atoms with van der Waals surface area (Å²) >= 11 is 4.74. The number of carbonyl (C=O) groups is 2. The zero-order chi connectivity index (χ0) is 26.9. The number of halogens is 1. The molecule has 0 unspecified atom stereocenters. The van der Waals surface area contributed by atoms with Crippen LogP contribution in [0.3, 0.4) is 0 Å². The molecule has 1 aliphatic heterocycles. The second-order valence-electron chi connectivity index (χ2n) is 8.59. The maximum Gasteiger partial charge on any atom is 1.00 e. The van der Waals surface area contributed by atoms with E-state index < -0.39 is 61.1 Å². The average Bonchev–Trinajstić information content (AvgIpc) is 3.29. The Morgan fingerprint density at radius 2 is 2.03 bits per heavy atom. The summed E-state index contributed by atoms with van der Waals surface area (Å²) in [5, 5.41) is 56.1. The van der Waals surface area contributed by atoms with E-state index in [-0.39, 0.29) is 35.3 Å². The molecule has 2 aromatic carbocycles. The number of aliphatic hydroxyl groups is 4. The molecule has 4 rings (SSSR count). The molecule has 0 saturated carbocycles. The summed E-state index contributed by atoms with van der Waals surface area (Å²) in [5.41, 5.74) is 1.15. The molecule has 198 valence electrons. The number of carboxylic acid groups (broad SMARTS) is 1. The molecule has 14 heteroatoms. The van der Waals surface area contributed by atoms with Crippen LogP contribution in [0.25, 0.3) is 20.8 Å². The first-order chi connectivity index (χ1) is 17.5. The van der Waals surface area contributed by atoms with Gasteiger partial charge in [0, 0.05) is 17.8 Å². The van der Waals surface area contributed by atoms with E-state index >= 15 is 0 Å². The van der Waals surface area contributed by atoms with Gasteiger partial charge < -0.3 is 45.1 Å². The van der Waals surface area contributed by atoms with Crippen LogP contribution in [0.5, 0.6) is 5.75 Å². The van der Waals surface area contributed by atoms with Gasteiger partial charge in [0.05, 0.1) is 34.5 Å². The van der Waals surface area contributed by atoms with Crippen LogP contribution in [0.4, 0.5) is 0 Å². The SMILES string of the molecule is CC(=O)N[C@H]1[C@H]([C@H](O)[C@H](O)CO)O[C@@](Oc2ccc(Br)cc2-c2nc3ccccc3s2)(C(=O)[O-])C[C@@H]1O.[Na+]. The van der Waals surface area contributed by atoms with Crippen LogP contribution >= 0.6 is 27.3 Å². The molecule has 1 aliphatic rings. The van der Waals surface area contributed by atoms with Crippen LogP contribution in [0, 0.1) is 0 Å². The number of carboxylic acids is 1. The summed E-state index contributed by atoms with van der Waals surface area (Å²) in [6.45, 7) is 0.263. The van der Waals surface area contributed by atoms with E-state index in [0.29, 0.717) is 15.0 Å². The van der Waals surface area contributed by atoms with Crippen LogP contribution in [-0.4, -0.2) is 80.1 Å². The van der Waals surface area contributed by atoms with Gasteiger partial charge in [-0.25, -0.2) is 4.98 Å². The first kappa shape index (κ1) is 30.9. The Bertz CT molecular complexity index is 1280. The maximum absolute atomic E-state index is 12.4. The number of para-hydroxylation sites is 1. The summed E-state index contributed by atoms with van der Waals surface area (Å²) in [6, 6.07) is 10.9. The van der Waals surface area contributed by atoms with E-state index in [2.05, 4.69) is 26.2 Å². The van der Waals surface area contributed by atoms with Crippen LogP contribution in [0.2, 0.25) is 0 Å². The van der Waals surface area contributed by atoms with Crippen molar-refractivity contribution in [2.45, 2.75) is 49.6 Å². The number of hydrogen-bond acceptors (Lipinski definition) is 11. The van der Waals surface area contributed by atoms with E-state index in [1.165, 1.54) is 17.4 Å². The van der Waals surface area contributed by atoms with E-state index in [9.17, 15) is 35.1 Å². The Kier molecular flexibility index (Phi) is 10.3. The zero-order valence-electron chi connectivity index (χ0n) is 20.4. The molecule has 0 spiro atoms. The molecule has 1 saturated heterocycles. The summed E-state index contributed by atoms with van der Waals surface area (Å²) < 4.78 is 13.1. The predicted octanol–water partition coefficient (Wildman–Crippen LogP) is -3.08. The number of rotatable bonds is 8. The minimum Gasteiger partial charge on any atom is -0.543 e. The molecule has 1 fully saturated rings. The molecule has 38 heavy (non-hydrogen) atoms. The van der Waals surface area contributed by atoms with Gasteiger partial charge in [-0.15, -0.1) is 11.3 Å². The number of amides is 1. The minimum absolute atomic E-state index is 0. The largest absolute Gasteiger partial charge is 1.00 e. The Morgan fingerprint density at radius 1 is 1.32 bits per heavy atom. The van der Waals surface area contributed by atoms with Crippen LogP contribution in [0.1, 0.15) is 13.3 Å². The summed E-state index contributed by atoms with van der Waals surface area (Å²) in [7, 11) is 0. The normalized spacial score (nSPS) is 24.7. The van der Waals surface area contributed by atoms with Gasteiger partial charge in [0.25, 0.3) is 5.79 Å². The van der Waals surface area contributed by atoms with E-state index in [0.717, 1.165) is 17.1 Å². The van der Waals surface area contributed by atoms with Crippen molar-refractivity contribution in [3.8, 4) is 16.3 Å². The van der Waals surface area contributed by atoms with Gasteiger partial charge in [0.1, 0.15) is 35.0 Å². The summed E-state index contributed by atoms with van der Waals surface area (Å²) in [6.07, 6.45) is -7.63. The standard InChI is InChI=1S/C24H25BrN2O9S.Na/c1-11(29)26-19-15(30)9-24(23(33)34,36-21(19)20(32)16(31)10-28)35-17-7-6-12(25)8-13(17)22-27-14-4-2-3-5-18(14)37-22;/h2-8,15-16,19-21,28,30-32H,9-10H2,1H3,(H,26,29)(H,33,34);/q;+1/p-1/t15-,16+,19+,20+,21+,24+;/m0./s1. The molecule has 0 bridgehead atoms. The number of aliphatic carboxylic acids is 1. The van der Waals surface area contributed by atoms with Gasteiger partial charge in [-0.3, -0.25) is 4.79 Å². The van der Waals surface area contributed by atoms with Crippen molar-refractivity contribution in [3.63, 3.8) is 0 Å². The first-order valence-corrected chi connectivity index (χ1v) is 12.8. The number of nitrogens with one attached hydrogen (secondary N) is 1. The molecular formula is C24H24BrN2NaO9S. The zero-order valence-corrected chi connectivity index (χ0v) is 24.8. The fourth-order valence-electron chi connectivity index (χ4n) is 4.15. The number of aromatic nitrogens is 1. The smallest absolute Gasteiger partial charge is 0.543 e. The monoisotopic (exact) mass is 618 g/mol. The van der Waals surface area contributed by atoms with Crippen LogP contribution < -0.4 is 44.7 Å². The molecule has 1 amide bonds. The summed E-state index contributed by atoms with van der Waals surface area (Å²) in [5.74, 6) is -5.06. The second-order valence-corrected chi connectivity index (χ2v) is 10.5. The fourth-order valence-corrected chi connectivity index (χ4v) is 5.49. The second kappa shape index (κ2) is 12.7. The van der Waals surface area contributed by atoms with Gasteiger partial charge >= 0.3 is 29.6 Å². The van der Waals surface area contributed by atoms with Gasteiger partial charge in [-0.1, -0.05) is 28.1 Å². The van der Waals surface area contributed by atoms with Crippen LogP contribution in [0.15, 0.2) is 46.9 Å². The Morgan fingerprint density at radius 3 is 2.66 bits per heavy atom. The third-order valence-electron chi connectivity index (χ3n) is 5.91. The molecule has 3 aromatic rings. The Balaban J connectivity index is 0.00000400. The van der Waals surface area contributed by atoms with Crippen molar-refractivity contribution in [3.05, 3.63) is 46.9 Å². The summed E-state index contributed by atoms with van der Waals surface area (Å²) in [4.78, 5) is 28.8. The van der Waals surface area contributed by atoms with Gasteiger partial charge in [0.2, 0.25) is 5.91 Å². The molecule has 1 aromatic heterocycles. The third kappa shape index (κ3) is 6.39. The molecule has 11 nitrogen and oxygen atoms in total. The maximum atomic E-state index is 12.4. The van der Waals surface area contributed by atoms with Gasteiger partial charge in [0.15, 0.2) is 0 Å². The molecule has 2 heterocycles. The van der Waals surface area contributed by atoms with E-state index in [1.54, 1.807) is 12.1 Å².